The van der Waals surface area contributed by atoms with E-state index in [1.54, 1.807) is 24.3 Å². The van der Waals surface area contributed by atoms with Crippen LogP contribution < -0.4 is 0 Å². The molecule has 6 nitrogen and oxygen atoms in total. The number of aryl methyl sites for hydroxylation is 1. The van der Waals surface area contributed by atoms with Gasteiger partial charge in [0.1, 0.15) is 17.8 Å². The van der Waals surface area contributed by atoms with Crippen molar-refractivity contribution in [1.82, 2.24) is 9.29 Å². The first-order chi connectivity index (χ1) is 14.4. The van der Waals surface area contributed by atoms with Crippen LogP contribution in [0.15, 0.2) is 59.5 Å². The second kappa shape index (κ2) is 8.34. The highest BCUT2D eigenvalue weighted by Gasteiger charge is 2.40. The molecule has 1 aliphatic rings. The predicted molar refractivity (Wildman–Crippen MR) is 115 cm³/mol. The number of pyridine rings is 1. The number of esters is 1. The van der Waals surface area contributed by atoms with Crippen molar-refractivity contribution in [3.8, 4) is 0 Å². The van der Waals surface area contributed by atoms with Crippen molar-refractivity contribution in [2.75, 3.05) is 6.54 Å². The maximum Gasteiger partial charge on any atom is 0.324 e. The van der Waals surface area contributed by atoms with Gasteiger partial charge in [0.25, 0.3) is 0 Å². The molecule has 156 valence electrons. The summed E-state index contributed by atoms with van der Waals surface area (Å²) in [7, 11) is -3.78. The molecular weight excluding hydrogens is 424 g/mol. The Kier molecular flexibility index (Phi) is 5.77. The van der Waals surface area contributed by atoms with Gasteiger partial charge in [-0.1, -0.05) is 47.5 Å². The Morgan fingerprint density at radius 2 is 1.93 bits per heavy atom. The van der Waals surface area contributed by atoms with Crippen molar-refractivity contribution < 1.29 is 17.9 Å². The number of aromatic nitrogens is 1. The van der Waals surface area contributed by atoms with Crippen molar-refractivity contribution in [1.29, 1.82) is 0 Å². The third kappa shape index (κ3) is 4.05. The number of benzene rings is 2. The average molecular weight is 445 g/mol. The van der Waals surface area contributed by atoms with Crippen LogP contribution in [-0.4, -0.2) is 36.3 Å². The predicted octanol–water partition coefficient (Wildman–Crippen LogP) is 4.09. The summed E-state index contributed by atoms with van der Waals surface area (Å²) in [6.07, 6.45) is 1.02. The molecule has 0 aliphatic carbocycles. The summed E-state index contributed by atoms with van der Waals surface area (Å²) in [5.74, 6) is -0.576. The van der Waals surface area contributed by atoms with Gasteiger partial charge in [-0.25, -0.2) is 13.4 Å². The lowest BCUT2D eigenvalue weighted by Gasteiger charge is -2.23. The molecule has 8 heteroatoms. The van der Waals surface area contributed by atoms with E-state index in [1.807, 2.05) is 37.3 Å². The second-order valence-electron chi connectivity index (χ2n) is 7.33. The van der Waals surface area contributed by atoms with Gasteiger partial charge < -0.3 is 4.74 Å². The first-order valence-electron chi connectivity index (χ1n) is 9.65. The van der Waals surface area contributed by atoms with Gasteiger partial charge in [-0.05, 0) is 44.0 Å². The van der Waals surface area contributed by atoms with E-state index in [-0.39, 0.29) is 23.2 Å². The van der Waals surface area contributed by atoms with Crippen LogP contribution in [0.1, 0.15) is 24.0 Å². The molecule has 0 radical (unpaired) electrons. The fourth-order valence-corrected chi connectivity index (χ4v) is 5.44. The van der Waals surface area contributed by atoms with Gasteiger partial charge in [-0.15, -0.1) is 0 Å². The molecule has 3 aromatic rings. The molecule has 2 aromatic carbocycles. The normalized spacial score (nSPS) is 17.3. The molecule has 30 heavy (non-hydrogen) atoms. The van der Waals surface area contributed by atoms with E-state index < -0.39 is 22.0 Å². The van der Waals surface area contributed by atoms with Crippen LogP contribution in [0.5, 0.6) is 0 Å². The number of carbonyl (C=O) groups excluding carboxylic acids is 1. The Morgan fingerprint density at radius 3 is 2.70 bits per heavy atom. The number of fused-ring (bicyclic) bond motifs is 1. The Bertz CT molecular complexity index is 1200. The van der Waals surface area contributed by atoms with E-state index in [9.17, 15) is 13.2 Å². The van der Waals surface area contributed by atoms with E-state index in [1.165, 1.54) is 4.31 Å². The second-order valence-corrected chi connectivity index (χ2v) is 9.57. The van der Waals surface area contributed by atoms with E-state index in [4.69, 9.17) is 16.3 Å². The van der Waals surface area contributed by atoms with E-state index in [0.717, 1.165) is 16.5 Å². The van der Waals surface area contributed by atoms with E-state index in [0.29, 0.717) is 18.4 Å². The molecule has 1 aliphatic heterocycles. The number of carbonyl (C=O) groups is 1. The van der Waals surface area contributed by atoms with Crippen LogP contribution in [0.2, 0.25) is 5.15 Å². The molecule has 1 atom stereocenters. The molecule has 0 N–H and O–H groups in total. The fraction of sp³-hybridized carbons (Fsp3) is 0.273. The molecule has 2 heterocycles. The van der Waals surface area contributed by atoms with Crippen LogP contribution in [0, 0.1) is 6.92 Å². The van der Waals surface area contributed by atoms with E-state index >= 15 is 0 Å². The SMILES string of the molecule is Cc1ccc(S(=O)(=O)N2CCC[C@H]2C(=O)OCc2cc3ccccc3nc2Cl)cc1. The van der Waals surface area contributed by atoms with Crippen molar-refractivity contribution in [3.05, 3.63) is 70.9 Å². The molecule has 0 unspecified atom stereocenters. The average Bonchev–Trinajstić information content (AvgIpc) is 3.23. The minimum atomic E-state index is -3.78. The highest BCUT2D eigenvalue weighted by atomic mass is 35.5. The molecule has 1 saturated heterocycles. The van der Waals surface area contributed by atoms with Crippen molar-refractivity contribution in [3.63, 3.8) is 0 Å². The molecule has 4 rings (SSSR count). The summed E-state index contributed by atoms with van der Waals surface area (Å²) in [5, 5.41) is 1.15. The Morgan fingerprint density at radius 1 is 1.20 bits per heavy atom. The Hall–Kier alpha value is -2.48. The summed E-state index contributed by atoms with van der Waals surface area (Å²) in [6.45, 7) is 2.11. The van der Waals surface area contributed by atoms with Gasteiger partial charge in [-0.2, -0.15) is 4.31 Å². The first-order valence-corrected chi connectivity index (χ1v) is 11.5. The number of sulfonamides is 1. The largest absolute Gasteiger partial charge is 0.460 e. The Labute approximate surface area is 180 Å². The summed E-state index contributed by atoms with van der Waals surface area (Å²) in [6, 6.07) is 15.1. The van der Waals surface area contributed by atoms with Crippen LogP contribution in [-0.2, 0) is 26.2 Å². The van der Waals surface area contributed by atoms with Gasteiger partial charge in [0.05, 0.1) is 10.4 Å². The number of halogens is 1. The molecular formula is C22H21ClN2O4S. The highest BCUT2D eigenvalue weighted by molar-refractivity contribution is 7.89. The third-order valence-electron chi connectivity index (χ3n) is 5.22. The van der Waals surface area contributed by atoms with Crippen LogP contribution >= 0.6 is 11.6 Å². The molecule has 0 spiro atoms. The van der Waals surface area contributed by atoms with Crippen LogP contribution in [0.3, 0.4) is 0 Å². The van der Waals surface area contributed by atoms with Gasteiger partial charge in [0.15, 0.2) is 0 Å². The van der Waals surface area contributed by atoms with Crippen LogP contribution in [0.25, 0.3) is 10.9 Å². The van der Waals surface area contributed by atoms with Gasteiger partial charge in [0, 0.05) is 17.5 Å². The summed E-state index contributed by atoms with van der Waals surface area (Å²) < 4.78 is 32.7. The van der Waals surface area contributed by atoms with Gasteiger partial charge in [-0.3, -0.25) is 4.79 Å². The molecule has 0 amide bonds. The molecule has 1 fully saturated rings. The molecule has 0 bridgehead atoms. The summed E-state index contributed by atoms with van der Waals surface area (Å²) in [4.78, 5) is 17.2. The van der Waals surface area contributed by atoms with Gasteiger partial charge >= 0.3 is 5.97 Å². The van der Waals surface area contributed by atoms with Crippen molar-refractivity contribution in [2.24, 2.45) is 0 Å². The maximum absolute atomic E-state index is 13.0. The number of rotatable bonds is 5. The maximum atomic E-state index is 13.0. The minimum Gasteiger partial charge on any atom is -0.460 e. The summed E-state index contributed by atoms with van der Waals surface area (Å²) in [5.41, 5.74) is 2.30. The number of hydrogen-bond acceptors (Lipinski definition) is 5. The topological polar surface area (TPSA) is 76.6 Å². The zero-order valence-corrected chi connectivity index (χ0v) is 18.0. The number of ether oxygens (including phenoxy) is 1. The number of hydrogen-bond donors (Lipinski definition) is 0. The lowest BCUT2D eigenvalue weighted by atomic mass is 10.2. The van der Waals surface area contributed by atoms with Crippen molar-refractivity contribution in [2.45, 2.75) is 37.3 Å². The monoisotopic (exact) mass is 444 g/mol. The summed E-state index contributed by atoms with van der Waals surface area (Å²) >= 11 is 6.23. The minimum absolute atomic E-state index is 0.0651. The highest BCUT2D eigenvalue weighted by Crippen LogP contribution is 2.28. The fourth-order valence-electron chi connectivity index (χ4n) is 3.59. The van der Waals surface area contributed by atoms with E-state index in [2.05, 4.69) is 4.98 Å². The van der Waals surface area contributed by atoms with Crippen molar-refractivity contribution >= 4 is 38.5 Å². The standard InChI is InChI=1S/C22H21ClN2O4S/c1-15-8-10-18(11-9-15)30(27,28)25-12-4-7-20(25)22(26)29-14-17-13-16-5-2-3-6-19(16)24-21(17)23/h2-3,5-6,8-11,13,20H,4,7,12,14H2,1H3/t20-/m0/s1. The number of para-hydroxylation sites is 1. The molecule has 0 saturated carbocycles. The lowest BCUT2D eigenvalue weighted by molar-refractivity contribution is -0.148. The first kappa shape index (κ1) is 20.8. The number of nitrogens with zero attached hydrogens (tertiary/aromatic N) is 2. The zero-order chi connectivity index (χ0) is 21.3. The smallest absolute Gasteiger partial charge is 0.324 e. The Balaban J connectivity index is 1.50. The van der Waals surface area contributed by atoms with Gasteiger partial charge in [0.2, 0.25) is 10.0 Å². The quantitative estimate of drug-likeness (QED) is 0.437. The van der Waals surface area contributed by atoms with Crippen LogP contribution in [0.4, 0.5) is 0 Å². The third-order valence-corrected chi connectivity index (χ3v) is 7.47. The lowest BCUT2D eigenvalue weighted by Crippen LogP contribution is -2.41. The zero-order valence-electron chi connectivity index (χ0n) is 16.4. The molecule has 1 aromatic heterocycles.